The van der Waals surface area contributed by atoms with Gasteiger partial charge in [0.15, 0.2) is 46.5 Å². The molecule has 8 aromatic rings. The minimum Gasteiger partial charge on any atom is -0.203 e. The summed E-state index contributed by atoms with van der Waals surface area (Å²) in [5.74, 6) is -0.124. The van der Waals surface area contributed by atoms with Gasteiger partial charge >= 0.3 is 0 Å². The first-order valence-electron chi connectivity index (χ1n) is 34.1. The standard InChI is InChI=1S/4C21H24F2.4H2/c4*1-13-4-6-16(7-5-13)17-8-10-18(11-9-17)19-14(2)12-15(3)20(22)21(19)23;;;;/h4*8-13,16H,4-7H2,1-3H3;4*1H. The molecule has 0 bridgehead atoms. The predicted octanol–water partition coefficient (Wildman–Crippen LogP) is 27.2. The van der Waals surface area contributed by atoms with E-state index in [0.29, 0.717) is 68.2 Å². The van der Waals surface area contributed by atoms with Crippen molar-refractivity contribution in [1.29, 1.82) is 0 Å². The van der Waals surface area contributed by atoms with Gasteiger partial charge in [0.1, 0.15) is 0 Å². The van der Waals surface area contributed by atoms with Crippen LogP contribution in [0, 0.1) is 126 Å². The molecule has 0 saturated heterocycles. The van der Waals surface area contributed by atoms with Gasteiger partial charge in [-0.3, -0.25) is 0 Å². The average molecular weight is 1270 g/mol. The number of hydrogen-bond acceptors (Lipinski definition) is 0. The van der Waals surface area contributed by atoms with E-state index in [1.54, 1.807) is 52.0 Å². The van der Waals surface area contributed by atoms with Gasteiger partial charge in [-0.1, -0.05) is 200 Å². The summed E-state index contributed by atoms with van der Waals surface area (Å²) in [6.07, 6.45) is 20.1. The lowest BCUT2D eigenvalue weighted by molar-refractivity contribution is 0.348. The van der Waals surface area contributed by atoms with Crippen LogP contribution in [0.15, 0.2) is 121 Å². The zero-order chi connectivity index (χ0) is 66.2. The van der Waals surface area contributed by atoms with Crippen LogP contribution in [0.25, 0.3) is 44.5 Å². The minimum absolute atomic E-state index is 0. The summed E-state index contributed by atoms with van der Waals surface area (Å²) in [4.78, 5) is 0. The molecule has 4 saturated carbocycles. The Labute approximate surface area is 550 Å². The monoisotopic (exact) mass is 1260 g/mol. The highest BCUT2D eigenvalue weighted by molar-refractivity contribution is 5.72. The van der Waals surface area contributed by atoms with Gasteiger partial charge in [0.25, 0.3) is 0 Å². The molecule has 0 heterocycles. The Morgan fingerprint density at radius 2 is 0.370 bits per heavy atom. The normalized spacial score (nSPS) is 21.4. The predicted molar refractivity (Wildman–Crippen MR) is 375 cm³/mol. The van der Waals surface area contributed by atoms with E-state index in [1.807, 2.05) is 76.2 Å². The molecule has 0 unspecified atom stereocenters. The molecule has 8 heteroatoms. The summed E-state index contributed by atoms with van der Waals surface area (Å²) in [7, 11) is 0. The molecule has 0 atom stereocenters. The highest BCUT2D eigenvalue weighted by atomic mass is 19.2. The molecule has 0 amide bonds. The summed E-state index contributed by atoms with van der Waals surface area (Å²) < 4.78 is 113. The van der Waals surface area contributed by atoms with Crippen molar-refractivity contribution >= 4 is 0 Å². The summed E-state index contributed by atoms with van der Waals surface area (Å²) in [6.45, 7) is 23.0. The van der Waals surface area contributed by atoms with E-state index < -0.39 is 46.5 Å². The van der Waals surface area contributed by atoms with E-state index in [2.05, 4.69) is 76.2 Å². The van der Waals surface area contributed by atoms with Gasteiger partial charge in [-0.15, -0.1) is 0 Å². The molecule has 0 N–H and O–H groups in total. The Bertz CT molecular complexity index is 3300. The molecule has 496 valence electrons. The second kappa shape index (κ2) is 31.0. The van der Waals surface area contributed by atoms with Crippen LogP contribution in [0.5, 0.6) is 0 Å². The first kappa shape index (κ1) is 69.5. The van der Waals surface area contributed by atoms with Crippen LogP contribution < -0.4 is 0 Å². The SMILES string of the molecule is Cc1cc(C)c(-c2ccc(C3CCC(C)CC3)cc2)c(F)c1F.Cc1cc(C)c(-c2ccc(C3CCC(C)CC3)cc2)c(F)c1F.Cc1cc(C)c(-c2ccc(C3CCC(C)CC3)cc2)c(F)c1F.Cc1cc(C)c(-c2ccc(C3CCC(C)CC3)cc2)c(F)c1F.[HH].[HH].[HH].[HH]. The molecule has 0 radical (unpaired) electrons. The Morgan fingerprint density at radius 3 is 0.522 bits per heavy atom. The van der Waals surface area contributed by atoms with Crippen LogP contribution >= 0.6 is 0 Å². The lowest BCUT2D eigenvalue weighted by atomic mass is 9.79. The van der Waals surface area contributed by atoms with Crippen molar-refractivity contribution in [1.82, 2.24) is 0 Å². The van der Waals surface area contributed by atoms with Gasteiger partial charge in [0, 0.05) is 28.0 Å². The first-order valence-corrected chi connectivity index (χ1v) is 34.1. The maximum Gasteiger partial charge on any atom is 0.167 e. The number of benzene rings is 8. The largest absolute Gasteiger partial charge is 0.203 e. The quantitative estimate of drug-likeness (QED) is 0.133. The summed E-state index contributed by atoms with van der Waals surface area (Å²) in [6, 6.07) is 39.1. The van der Waals surface area contributed by atoms with Crippen molar-refractivity contribution in [3.05, 3.63) is 235 Å². The molecule has 8 aromatic carbocycles. The molecule has 0 aliphatic heterocycles. The Balaban J connectivity index is 0.000000228. The van der Waals surface area contributed by atoms with Crippen LogP contribution in [-0.4, -0.2) is 0 Å². The molecule has 0 spiro atoms. The van der Waals surface area contributed by atoms with Crippen LogP contribution in [0.4, 0.5) is 35.1 Å². The van der Waals surface area contributed by atoms with Gasteiger partial charge in [-0.2, -0.15) is 0 Å². The molecule has 4 fully saturated rings. The van der Waals surface area contributed by atoms with Crippen molar-refractivity contribution in [3.63, 3.8) is 0 Å². The van der Waals surface area contributed by atoms with Crippen molar-refractivity contribution < 1.29 is 40.8 Å². The fourth-order valence-electron chi connectivity index (χ4n) is 15.1. The van der Waals surface area contributed by atoms with E-state index in [-0.39, 0.29) is 5.71 Å². The Morgan fingerprint density at radius 1 is 0.217 bits per heavy atom. The van der Waals surface area contributed by atoms with Gasteiger partial charge in [0.2, 0.25) is 0 Å². The zero-order valence-corrected chi connectivity index (χ0v) is 56.5. The van der Waals surface area contributed by atoms with Crippen LogP contribution in [0.1, 0.15) is 227 Å². The summed E-state index contributed by atoms with van der Waals surface area (Å²) in [5, 5.41) is 0. The fraction of sp³-hybridized carbons (Fsp3) is 0.429. The maximum absolute atomic E-state index is 14.3. The highest BCUT2D eigenvalue weighted by Gasteiger charge is 2.26. The third-order valence-corrected chi connectivity index (χ3v) is 21.1. The van der Waals surface area contributed by atoms with Gasteiger partial charge in [-0.05, 0) is 243 Å². The number of hydrogen-bond donors (Lipinski definition) is 0. The van der Waals surface area contributed by atoms with Crippen molar-refractivity contribution in [2.75, 3.05) is 0 Å². The number of aryl methyl sites for hydroxylation is 8. The number of halogens is 8. The second-order valence-corrected chi connectivity index (χ2v) is 28.4. The first-order chi connectivity index (χ1) is 43.9. The van der Waals surface area contributed by atoms with E-state index in [0.717, 1.165) is 68.2 Å². The summed E-state index contributed by atoms with van der Waals surface area (Å²) in [5.41, 5.74) is 14.4. The summed E-state index contributed by atoms with van der Waals surface area (Å²) >= 11 is 0. The molecular formula is C84H104F8. The van der Waals surface area contributed by atoms with Crippen LogP contribution in [0.2, 0.25) is 0 Å². The highest BCUT2D eigenvalue weighted by Crippen LogP contribution is 2.42. The maximum atomic E-state index is 14.3. The van der Waals surface area contributed by atoms with Gasteiger partial charge < -0.3 is 0 Å². The molecule has 0 nitrogen and oxygen atoms in total. The van der Waals surface area contributed by atoms with E-state index in [9.17, 15) is 35.1 Å². The molecule has 0 aromatic heterocycles. The second-order valence-electron chi connectivity index (χ2n) is 28.4. The third kappa shape index (κ3) is 16.4. The topological polar surface area (TPSA) is 0 Å². The van der Waals surface area contributed by atoms with Crippen molar-refractivity contribution in [2.45, 2.75) is 209 Å². The van der Waals surface area contributed by atoms with Crippen molar-refractivity contribution in [3.8, 4) is 44.5 Å². The van der Waals surface area contributed by atoms with Crippen molar-refractivity contribution in [2.24, 2.45) is 23.7 Å². The average Bonchev–Trinajstić information content (AvgIpc) is 0.844. The van der Waals surface area contributed by atoms with E-state index in [4.69, 9.17) is 0 Å². The lowest BCUT2D eigenvalue weighted by Gasteiger charge is -2.26. The van der Waals surface area contributed by atoms with E-state index >= 15 is 0 Å². The van der Waals surface area contributed by atoms with Gasteiger partial charge in [-0.25, -0.2) is 35.1 Å². The fourth-order valence-corrected chi connectivity index (χ4v) is 15.1. The Hall–Kier alpha value is -6.80. The molecule has 4 aliphatic rings. The number of rotatable bonds is 8. The minimum atomic E-state index is -0.740. The molecule has 4 aliphatic carbocycles. The molecule has 12 rings (SSSR count). The molecule has 92 heavy (non-hydrogen) atoms. The van der Waals surface area contributed by atoms with Crippen LogP contribution in [-0.2, 0) is 0 Å². The zero-order valence-electron chi connectivity index (χ0n) is 56.5. The smallest absolute Gasteiger partial charge is 0.167 e. The lowest BCUT2D eigenvalue weighted by Crippen LogP contribution is -2.10. The van der Waals surface area contributed by atoms with Gasteiger partial charge in [0.05, 0.1) is 0 Å². The van der Waals surface area contributed by atoms with Crippen LogP contribution in [0.3, 0.4) is 0 Å². The van der Waals surface area contributed by atoms with E-state index in [1.165, 1.54) is 125 Å². The third-order valence-electron chi connectivity index (χ3n) is 21.1. The molecular weight excluding hydrogens is 1160 g/mol. The Kier molecular flexibility index (Phi) is 23.4.